The predicted molar refractivity (Wildman–Crippen MR) is 70.3 cm³/mol. The number of halogens is 1. The smallest absolute Gasteiger partial charge is 0.0701 e. The third kappa shape index (κ3) is 3.58. The summed E-state index contributed by atoms with van der Waals surface area (Å²) < 4.78 is 1.25. The van der Waals surface area contributed by atoms with Crippen LogP contribution in [0.5, 0.6) is 0 Å². The molecule has 0 bridgehead atoms. The Morgan fingerprint density at radius 2 is 2.13 bits per heavy atom. The first-order valence-corrected chi connectivity index (χ1v) is 7.35. The summed E-state index contributed by atoms with van der Waals surface area (Å²) in [6, 6.07) is 4.84. The zero-order valence-corrected chi connectivity index (χ0v) is 11.3. The van der Waals surface area contributed by atoms with Gasteiger partial charge in [0, 0.05) is 10.9 Å². The average Bonchev–Trinajstić information content (AvgIpc) is 2.46. The molecule has 1 heterocycles. The van der Waals surface area contributed by atoms with Crippen LogP contribution in [0.2, 0.25) is 0 Å². The van der Waals surface area contributed by atoms with Crippen LogP contribution in [0.3, 0.4) is 0 Å². The highest BCUT2D eigenvalue weighted by atomic mass is 79.9. The van der Waals surface area contributed by atoms with E-state index in [1.54, 1.807) is 0 Å². The van der Waals surface area contributed by atoms with Gasteiger partial charge in [-0.15, -0.1) is 11.3 Å². The van der Waals surface area contributed by atoms with Gasteiger partial charge >= 0.3 is 0 Å². The Labute approximate surface area is 104 Å². The zero-order chi connectivity index (χ0) is 10.7. The molecular formula is C12H18BrNS. The summed E-state index contributed by atoms with van der Waals surface area (Å²) in [5.74, 6) is 0.813. The van der Waals surface area contributed by atoms with Gasteiger partial charge in [0.25, 0.3) is 0 Å². The number of thiophene rings is 1. The molecule has 0 saturated heterocycles. The molecule has 0 spiro atoms. The molecule has 3 heteroatoms. The van der Waals surface area contributed by atoms with E-state index in [9.17, 15) is 0 Å². The molecule has 0 aromatic carbocycles. The molecule has 1 aliphatic rings. The highest BCUT2D eigenvalue weighted by Gasteiger charge is 2.18. The molecule has 2 rings (SSSR count). The molecule has 1 aromatic rings. The maximum Gasteiger partial charge on any atom is 0.0701 e. The third-order valence-corrected chi connectivity index (χ3v) is 4.84. The van der Waals surface area contributed by atoms with Crippen molar-refractivity contribution < 1.29 is 0 Å². The van der Waals surface area contributed by atoms with Crippen molar-refractivity contribution in [1.82, 2.24) is 0 Å². The van der Waals surface area contributed by atoms with Gasteiger partial charge in [0.05, 0.1) is 3.79 Å². The minimum absolute atomic E-state index is 0.445. The second-order valence-corrected chi connectivity index (χ2v) is 7.10. The molecule has 15 heavy (non-hydrogen) atoms. The summed E-state index contributed by atoms with van der Waals surface area (Å²) in [4.78, 5) is 1.50. The fraction of sp³-hybridized carbons (Fsp3) is 0.667. The molecule has 1 aliphatic carbocycles. The summed E-state index contributed by atoms with van der Waals surface area (Å²) in [5, 5.41) is 0. The molecule has 2 atom stereocenters. The maximum atomic E-state index is 6.08. The van der Waals surface area contributed by atoms with Gasteiger partial charge in [-0.1, -0.05) is 19.3 Å². The fourth-order valence-electron chi connectivity index (χ4n) is 2.43. The van der Waals surface area contributed by atoms with Crippen LogP contribution in [0.25, 0.3) is 0 Å². The molecule has 0 amide bonds. The minimum Gasteiger partial charge on any atom is -0.328 e. The Morgan fingerprint density at radius 3 is 2.87 bits per heavy atom. The molecule has 0 aliphatic heterocycles. The molecular weight excluding hydrogens is 270 g/mol. The van der Waals surface area contributed by atoms with Crippen molar-refractivity contribution in [2.45, 2.75) is 44.6 Å². The number of nitrogens with two attached hydrogens (primary N) is 1. The van der Waals surface area contributed by atoms with E-state index in [2.05, 4.69) is 28.1 Å². The third-order valence-electron chi connectivity index (χ3n) is 3.19. The molecule has 2 unspecified atom stereocenters. The Morgan fingerprint density at radius 1 is 1.33 bits per heavy atom. The fourth-order valence-corrected chi connectivity index (χ4v) is 4.03. The van der Waals surface area contributed by atoms with Crippen LogP contribution in [0.15, 0.2) is 15.9 Å². The number of hydrogen-bond donors (Lipinski definition) is 1. The summed E-state index contributed by atoms with van der Waals surface area (Å²) >= 11 is 5.38. The summed E-state index contributed by atoms with van der Waals surface area (Å²) in [6.45, 7) is 0. The van der Waals surface area contributed by atoms with E-state index in [-0.39, 0.29) is 0 Å². The van der Waals surface area contributed by atoms with Gasteiger partial charge in [-0.2, -0.15) is 0 Å². The van der Waals surface area contributed by atoms with Crippen molar-refractivity contribution in [3.63, 3.8) is 0 Å². The van der Waals surface area contributed by atoms with E-state index in [4.69, 9.17) is 5.73 Å². The standard InChI is InChI=1S/C12H18BrNS/c13-12-6-5-11(15-12)8-9-3-1-2-4-10(14)7-9/h5-6,9-10H,1-4,7-8,14H2. The first kappa shape index (κ1) is 11.6. The van der Waals surface area contributed by atoms with E-state index in [0.29, 0.717) is 6.04 Å². The molecule has 0 radical (unpaired) electrons. The number of hydrogen-bond acceptors (Lipinski definition) is 2. The SMILES string of the molecule is NC1CCCCC(Cc2ccc(Br)s2)C1. The van der Waals surface area contributed by atoms with Gasteiger partial charge in [-0.25, -0.2) is 0 Å². The second-order valence-electron chi connectivity index (χ2n) is 4.56. The Balaban J connectivity index is 1.92. The Hall–Kier alpha value is 0.140. The topological polar surface area (TPSA) is 26.0 Å². The van der Waals surface area contributed by atoms with Crippen molar-refractivity contribution >= 4 is 27.3 Å². The second kappa shape index (κ2) is 5.46. The lowest BCUT2D eigenvalue weighted by Gasteiger charge is -2.15. The lowest BCUT2D eigenvalue weighted by Crippen LogP contribution is -2.22. The maximum absolute atomic E-state index is 6.08. The highest BCUT2D eigenvalue weighted by molar-refractivity contribution is 9.11. The predicted octanol–water partition coefficient (Wildman–Crippen LogP) is 3.96. The van der Waals surface area contributed by atoms with Gasteiger partial charge in [-0.3, -0.25) is 0 Å². The van der Waals surface area contributed by atoms with Crippen molar-refractivity contribution in [1.29, 1.82) is 0 Å². The summed E-state index contributed by atoms with van der Waals surface area (Å²) in [7, 11) is 0. The van der Waals surface area contributed by atoms with Crippen LogP contribution < -0.4 is 5.73 Å². The van der Waals surface area contributed by atoms with Crippen LogP contribution in [-0.4, -0.2) is 6.04 Å². The normalized spacial score (nSPS) is 27.6. The zero-order valence-electron chi connectivity index (χ0n) is 8.92. The van der Waals surface area contributed by atoms with Crippen molar-refractivity contribution in [2.75, 3.05) is 0 Å². The summed E-state index contributed by atoms with van der Waals surface area (Å²) in [5.41, 5.74) is 6.08. The van der Waals surface area contributed by atoms with Crippen LogP contribution in [0.4, 0.5) is 0 Å². The van der Waals surface area contributed by atoms with Gasteiger partial charge in [0.15, 0.2) is 0 Å². The quantitative estimate of drug-likeness (QED) is 0.819. The van der Waals surface area contributed by atoms with Crippen LogP contribution in [-0.2, 0) is 6.42 Å². The van der Waals surface area contributed by atoms with Gasteiger partial charge in [0.2, 0.25) is 0 Å². The molecule has 1 fully saturated rings. The molecule has 1 aromatic heterocycles. The van der Waals surface area contributed by atoms with Crippen LogP contribution >= 0.6 is 27.3 Å². The van der Waals surface area contributed by atoms with E-state index in [1.165, 1.54) is 47.2 Å². The van der Waals surface area contributed by atoms with Crippen molar-refractivity contribution in [3.05, 3.63) is 20.8 Å². The van der Waals surface area contributed by atoms with E-state index < -0.39 is 0 Å². The Kier molecular flexibility index (Phi) is 4.23. The first-order chi connectivity index (χ1) is 7.24. The van der Waals surface area contributed by atoms with Crippen molar-refractivity contribution in [3.8, 4) is 0 Å². The minimum atomic E-state index is 0.445. The lowest BCUT2D eigenvalue weighted by atomic mass is 9.94. The number of rotatable bonds is 2. The Bertz CT molecular complexity index is 310. The van der Waals surface area contributed by atoms with Crippen molar-refractivity contribution in [2.24, 2.45) is 11.7 Å². The van der Waals surface area contributed by atoms with Crippen LogP contribution in [0.1, 0.15) is 37.0 Å². The molecule has 1 nitrogen and oxygen atoms in total. The molecule has 84 valence electrons. The van der Waals surface area contributed by atoms with Crippen LogP contribution in [0, 0.1) is 5.92 Å². The van der Waals surface area contributed by atoms with Gasteiger partial charge in [0.1, 0.15) is 0 Å². The first-order valence-electron chi connectivity index (χ1n) is 5.74. The lowest BCUT2D eigenvalue weighted by molar-refractivity contribution is 0.433. The van der Waals surface area contributed by atoms with E-state index in [0.717, 1.165) is 5.92 Å². The van der Waals surface area contributed by atoms with E-state index >= 15 is 0 Å². The molecule has 2 N–H and O–H groups in total. The van der Waals surface area contributed by atoms with E-state index in [1.807, 2.05) is 11.3 Å². The highest BCUT2D eigenvalue weighted by Crippen LogP contribution is 2.29. The average molecular weight is 288 g/mol. The summed E-state index contributed by atoms with van der Waals surface area (Å²) in [6.07, 6.45) is 7.73. The van der Waals surface area contributed by atoms with Gasteiger partial charge in [-0.05, 0) is 53.2 Å². The molecule has 1 saturated carbocycles. The van der Waals surface area contributed by atoms with Gasteiger partial charge < -0.3 is 5.73 Å². The largest absolute Gasteiger partial charge is 0.328 e. The monoisotopic (exact) mass is 287 g/mol.